The van der Waals surface area contributed by atoms with Gasteiger partial charge in [0.05, 0.1) is 18.8 Å². The molecule has 0 heterocycles. The third kappa shape index (κ3) is 7.56. The fourth-order valence-corrected chi connectivity index (χ4v) is 9.33. The zero-order valence-corrected chi connectivity index (χ0v) is 24.6. The van der Waals surface area contributed by atoms with Crippen LogP contribution in [0.4, 0.5) is 4.39 Å². The van der Waals surface area contributed by atoms with Gasteiger partial charge in [0.2, 0.25) is 0 Å². The van der Waals surface area contributed by atoms with Crippen molar-refractivity contribution in [1.82, 2.24) is 0 Å². The first-order chi connectivity index (χ1) is 18.5. The first-order valence-corrected chi connectivity index (χ1v) is 15.4. The largest absolute Gasteiger partial charge is 0.505 e. The predicted molar refractivity (Wildman–Crippen MR) is 158 cm³/mol. The van der Waals surface area contributed by atoms with E-state index in [1.165, 1.54) is 22.5 Å². The zero-order chi connectivity index (χ0) is 28.6. The van der Waals surface area contributed by atoms with Crippen LogP contribution in [-0.2, 0) is 4.43 Å². The minimum Gasteiger partial charge on any atom is -0.505 e. The van der Waals surface area contributed by atoms with Crippen LogP contribution in [-0.4, -0.2) is 36.3 Å². The Bertz CT molecular complexity index is 1220. The number of benzene rings is 3. The maximum Gasteiger partial charge on any atom is 0.261 e. The molecule has 3 aromatic rings. The highest BCUT2D eigenvalue weighted by molar-refractivity contribution is 6.99. The van der Waals surface area contributed by atoms with Crippen molar-refractivity contribution >= 4 is 18.7 Å². The smallest absolute Gasteiger partial charge is 0.261 e. The molecule has 0 fully saturated rings. The van der Waals surface area contributed by atoms with Crippen molar-refractivity contribution in [3.05, 3.63) is 108 Å². The average molecular weight is 549 g/mol. The van der Waals surface area contributed by atoms with Crippen LogP contribution >= 0.6 is 0 Å². The van der Waals surface area contributed by atoms with Crippen molar-refractivity contribution in [3.63, 3.8) is 0 Å². The van der Waals surface area contributed by atoms with E-state index in [2.05, 4.69) is 50.8 Å². The number of halogens is 1. The van der Waals surface area contributed by atoms with E-state index in [0.717, 1.165) is 11.6 Å². The molecule has 4 nitrogen and oxygen atoms in total. The second kappa shape index (κ2) is 13.4. The lowest BCUT2D eigenvalue weighted by atomic mass is 10.00. The molecule has 0 aliphatic rings. The number of phenolic OH excluding ortho intramolecular Hbond substituents is 1. The van der Waals surface area contributed by atoms with E-state index in [9.17, 15) is 19.7 Å². The van der Waals surface area contributed by atoms with Crippen LogP contribution in [0.15, 0.2) is 96.2 Å². The van der Waals surface area contributed by atoms with Gasteiger partial charge in [0, 0.05) is 12.8 Å². The van der Waals surface area contributed by atoms with Crippen molar-refractivity contribution in [1.29, 1.82) is 0 Å². The summed E-state index contributed by atoms with van der Waals surface area (Å²) >= 11 is 0. The normalized spacial score (nSPS) is 13.6. The zero-order valence-electron chi connectivity index (χ0n) is 23.6. The van der Waals surface area contributed by atoms with Crippen LogP contribution in [0.25, 0.3) is 0 Å². The molecule has 3 rings (SSSR count). The molecule has 0 saturated carbocycles. The minimum atomic E-state index is -2.79. The van der Waals surface area contributed by atoms with E-state index in [1.807, 2.05) is 50.2 Å². The molecule has 0 aromatic heterocycles. The quantitative estimate of drug-likeness (QED) is 0.202. The van der Waals surface area contributed by atoms with Gasteiger partial charge in [-0.3, -0.25) is 0 Å². The van der Waals surface area contributed by atoms with Crippen LogP contribution in [0.1, 0.15) is 59.1 Å². The molecule has 208 valence electrons. The standard InChI is InChI=1S/C33H41FO4Si/c1-24(2)32(37)21-25(13-12-18-30(35)26-19-20-31(36)29(34)22-26)23-38-39(33(3,4)5,27-14-8-6-9-15-27)28-16-10-7-11-17-28/h6-12,14-17,19-20,22,24,30,32,35-37H,18,21,23H2,1-5H3/t13?,30-,32-/m1/s1. The van der Waals surface area contributed by atoms with Crippen LogP contribution in [0, 0.1) is 11.7 Å². The average Bonchev–Trinajstić information content (AvgIpc) is 2.90. The fraction of sp³-hybridized carbons (Fsp3) is 0.364. The van der Waals surface area contributed by atoms with Crippen molar-refractivity contribution < 1.29 is 24.1 Å². The van der Waals surface area contributed by atoms with Gasteiger partial charge >= 0.3 is 0 Å². The Morgan fingerprint density at radius 1 is 0.949 bits per heavy atom. The lowest BCUT2D eigenvalue weighted by Gasteiger charge is -2.43. The fourth-order valence-electron chi connectivity index (χ4n) is 4.79. The highest BCUT2D eigenvalue weighted by atomic mass is 28.4. The lowest BCUT2D eigenvalue weighted by Crippen LogP contribution is -2.66. The summed E-state index contributed by atoms with van der Waals surface area (Å²) in [6.07, 6.45) is 0.773. The molecule has 0 amide bonds. The second-order valence-corrected chi connectivity index (χ2v) is 15.7. The summed E-state index contributed by atoms with van der Waals surface area (Å²) in [7, 11) is -2.79. The SMILES string of the molecule is CC(C)[C@H](O)CC(=C=CC[C@@H](O)c1ccc(O)c(F)c1)CO[Si](c1ccccc1)(c1ccccc1)C(C)(C)C. The second-order valence-electron chi connectivity index (χ2n) is 11.4. The van der Waals surface area contributed by atoms with Gasteiger partial charge in [-0.1, -0.05) is 101 Å². The Kier molecular flexibility index (Phi) is 10.5. The highest BCUT2D eigenvalue weighted by Gasteiger charge is 2.50. The monoisotopic (exact) mass is 548 g/mol. The molecule has 0 unspecified atom stereocenters. The number of hydrogen-bond acceptors (Lipinski definition) is 4. The maximum absolute atomic E-state index is 13.8. The summed E-state index contributed by atoms with van der Waals surface area (Å²) in [5, 5.41) is 32.9. The van der Waals surface area contributed by atoms with Crippen molar-refractivity contribution in [2.24, 2.45) is 5.92 Å². The molecule has 39 heavy (non-hydrogen) atoms. The molecule has 0 aliphatic carbocycles. The molecule has 3 N–H and O–H groups in total. The molecule has 0 saturated heterocycles. The molecule has 2 atom stereocenters. The Balaban J connectivity index is 1.98. The molecule has 0 aliphatic heterocycles. The molecular weight excluding hydrogens is 507 g/mol. The van der Waals surface area contributed by atoms with Crippen molar-refractivity contribution in [2.75, 3.05) is 6.61 Å². The van der Waals surface area contributed by atoms with Gasteiger partial charge in [0.25, 0.3) is 8.32 Å². The highest BCUT2D eigenvalue weighted by Crippen LogP contribution is 2.37. The number of aliphatic hydroxyl groups is 2. The summed E-state index contributed by atoms with van der Waals surface area (Å²) in [5.41, 5.74) is 4.46. The Labute approximate surface area is 233 Å². The first-order valence-electron chi connectivity index (χ1n) is 13.5. The molecule has 0 radical (unpaired) electrons. The number of phenols is 1. The third-order valence-corrected chi connectivity index (χ3v) is 12.1. The van der Waals surface area contributed by atoms with Crippen LogP contribution in [0.2, 0.25) is 5.04 Å². The van der Waals surface area contributed by atoms with E-state index in [-0.39, 0.29) is 24.0 Å². The Morgan fingerprint density at radius 3 is 2.00 bits per heavy atom. The van der Waals surface area contributed by atoms with Crippen LogP contribution in [0.5, 0.6) is 5.75 Å². The van der Waals surface area contributed by atoms with Gasteiger partial charge in [0.15, 0.2) is 11.6 Å². The van der Waals surface area contributed by atoms with Crippen LogP contribution < -0.4 is 10.4 Å². The van der Waals surface area contributed by atoms with Crippen molar-refractivity contribution in [3.8, 4) is 5.75 Å². The summed E-state index contributed by atoms with van der Waals surface area (Å²) < 4.78 is 20.8. The molecule has 6 heteroatoms. The minimum absolute atomic E-state index is 0.0558. The van der Waals surface area contributed by atoms with E-state index in [1.54, 1.807) is 6.08 Å². The van der Waals surface area contributed by atoms with Gasteiger partial charge in [-0.05, 0) is 50.7 Å². The van der Waals surface area contributed by atoms with E-state index < -0.39 is 32.1 Å². The first kappa shape index (κ1) is 30.5. The Morgan fingerprint density at radius 2 is 1.51 bits per heavy atom. The van der Waals surface area contributed by atoms with Crippen molar-refractivity contribution in [2.45, 2.75) is 64.7 Å². The molecule has 3 aromatic carbocycles. The number of aromatic hydroxyl groups is 1. The van der Waals surface area contributed by atoms with Gasteiger partial charge in [-0.15, -0.1) is 5.73 Å². The summed E-state index contributed by atoms with van der Waals surface area (Å²) in [6, 6.07) is 24.6. The molecule has 0 bridgehead atoms. The van der Waals surface area contributed by atoms with E-state index in [4.69, 9.17) is 4.43 Å². The lowest BCUT2D eigenvalue weighted by molar-refractivity contribution is 0.122. The summed E-state index contributed by atoms with van der Waals surface area (Å²) in [4.78, 5) is 0. The van der Waals surface area contributed by atoms with Gasteiger partial charge in [-0.25, -0.2) is 4.39 Å². The summed E-state index contributed by atoms with van der Waals surface area (Å²) in [6.45, 7) is 10.9. The number of aliphatic hydroxyl groups excluding tert-OH is 2. The molecule has 0 spiro atoms. The van der Waals surface area contributed by atoms with Gasteiger partial charge in [0.1, 0.15) is 0 Å². The number of rotatable bonds is 11. The topological polar surface area (TPSA) is 69.9 Å². The van der Waals surface area contributed by atoms with E-state index in [0.29, 0.717) is 12.0 Å². The third-order valence-electron chi connectivity index (χ3n) is 7.11. The predicted octanol–water partition coefficient (Wildman–Crippen LogP) is 6.02. The van der Waals surface area contributed by atoms with E-state index >= 15 is 0 Å². The van der Waals surface area contributed by atoms with Gasteiger partial charge < -0.3 is 19.7 Å². The van der Waals surface area contributed by atoms with Gasteiger partial charge in [-0.2, -0.15) is 0 Å². The number of hydrogen-bond donors (Lipinski definition) is 3. The Hall–Kier alpha value is -2.99. The maximum atomic E-state index is 13.8. The molecular formula is C33H41FO4Si. The van der Waals surface area contributed by atoms with Crippen LogP contribution in [0.3, 0.4) is 0 Å². The summed E-state index contributed by atoms with van der Waals surface area (Å²) in [5.74, 6) is -1.17.